The minimum absolute atomic E-state index is 0.0706. The molecule has 0 spiro atoms. The van der Waals surface area contributed by atoms with Crippen LogP contribution in [0.1, 0.15) is 12.0 Å². The highest BCUT2D eigenvalue weighted by Gasteiger charge is 2.14. The van der Waals surface area contributed by atoms with Gasteiger partial charge in [-0.1, -0.05) is 17.8 Å². The van der Waals surface area contributed by atoms with Gasteiger partial charge in [0.15, 0.2) is 5.16 Å². The zero-order chi connectivity index (χ0) is 14.7. The van der Waals surface area contributed by atoms with Crippen LogP contribution in [0.3, 0.4) is 0 Å². The van der Waals surface area contributed by atoms with E-state index >= 15 is 0 Å². The van der Waals surface area contributed by atoms with E-state index in [1.54, 1.807) is 19.1 Å². The van der Waals surface area contributed by atoms with E-state index in [9.17, 15) is 9.18 Å². The van der Waals surface area contributed by atoms with Gasteiger partial charge in [0.25, 0.3) is 0 Å². The predicted molar refractivity (Wildman–Crippen MR) is 77.6 cm³/mol. The van der Waals surface area contributed by atoms with Gasteiger partial charge in [-0.05, 0) is 25.0 Å². The Balaban J connectivity index is 2.48. The highest BCUT2D eigenvalue weighted by Crippen LogP contribution is 2.26. The molecule has 0 aliphatic carbocycles. The van der Waals surface area contributed by atoms with E-state index in [2.05, 4.69) is 11.6 Å². The molecule has 1 aromatic heterocycles. The molecule has 106 valence electrons. The SMILES string of the molecule is C=CCCn1c(SCC(=O)O)nc2cc(F)c(C)cc21. The van der Waals surface area contributed by atoms with Gasteiger partial charge >= 0.3 is 5.97 Å². The lowest BCUT2D eigenvalue weighted by molar-refractivity contribution is -0.133. The summed E-state index contributed by atoms with van der Waals surface area (Å²) in [7, 11) is 0. The van der Waals surface area contributed by atoms with Gasteiger partial charge in [-0.25, -0.2) is 9.37 Å². The van der Waals surface area contributed by atoms with E-state index in [0.717, 1.165) is 23.7 Å². The van der Waals surface area contributed by atoms with E-state index < -0.39 is 5.97 Å². The lowest BCUT2D eigenvalue weighted by Crippen LogP contribution is -2.03. The second-order valence-electron chi connectivity index (χ2n) is 4.40. The molecule has 0 unspecified atom stereocenters. The van der Waals surface area contributed by atoms with Gasteiger partial charge in [-0.2, -0.15) is 0 Å². The van der Waals surface area contributed by atoms with Crippen LogP contribution >= 0.6 is 11.8 Å². The molecule has 0 atom stereocenters. The summed E-state index contributed by atoms with van der Waals surface area (Å²) in [6.45, 7) is 6.03. The monoisotopic (exact) mass is 294 g/mol. The summed E-state index contributed by atoms with van der Waals surface area (Å²) in [5, 5.41) is 9.36. The normalized spacial score (nSPS) is 10.9. The van der Waals surface area contributed by atoms with Crippen molar-refractivity contribution in [1.29, 1.82) is 0 Å². The van der Waals surface area contributed by atoms with E-state index in [0.29, 0.717) is 22.8 Å². The molecule has 1 aromatic carbocycles. The Morgan fingerprint density at radius 2 is 2.35 bits per heavy atom. The van der Waals surface area contributed by atoms with Crippen molar-refractivity contribution >= 4 is 28.8 Å². The molecule has 0 amide bonds. The summed E-state index contributed by atoms with van der Waals surface area (Å²) in [5.41, 5.74) is 1.91. The third-order valence-electron chi connectivity index (χ3n) is 2.88. The van der Waals surface area contributed by atoms with Crippen LogP contribution in [0.5, 0.6) is 0 Å². The third kappa shape index (κ3) is 3.01. The maximum atomic E-state index is 13.6. The van der Waals surface area contributed by atoms with Gasteiger partial charge in [0.1, 0.15) is 5.82 Å². The molecule has 1 heterocycles. The van der Waals surface area contributed by atoms with Crippen LogP contribution in [0.2, 0.25) is 0 Å². The summed E-state index contributed by atoms with van der Waals surface area (Å²) < 4.78 is 15.5. The molecule has 6 heteroatoms. The van der Waals surface area contributed by atoms with Gasteiger partial charge in [0.2, 0.25) is 0 Å². The summed E-state index contributed by atoms with van der Waals surface area (Å²) in [5.74, 6) is -1.28. The number of thioether (sulfide) groups is 1. The van der Waals surface area contributed by atoms with E-state index in [-0.39, 0.29) is 11.6 Å². The molecule has 0 saturated heterocycles. The quantitative estimate of drug-likeness (QED) is 0.656. The van der Waals surface area contributed by atoms with E-state index in [1.807, 2.05) is 4.57 Å². The van der Waals surface area contributed by atoms with Gasteiger partial charge in [-0.3, -0.25) is 4.79 Å². The van der Waals surface area contributed by atoms with E-state index in [1.165, 1.54) is 6.07 Å². The topological polar surface area (TPSA) is 55.1 Å². The largest absolute Gasteiger partial charge is 0.481 e. The maximum Gasteiger partial charge on any atom is 0.313 e. The van der Waals surface area contributed by atoms with Crippen LogP contribution < -0.4 is 0 Å². The minimum atomic E-state index is -0.903. The first-order chi connectivity index (χ1) is 9.52. The number of benzene rings is 1. The van der Waals surface area contributed by atoms with Crippen LogP contribution in [-0.4, -0.2) is 26.4 Å². The highest BCUT2D eigenvalue weighted by molar-refractivity contribution is 7.99. The van der Waals surface area contributed by atoms with Gasteiger partial charge in [0, 0.05) is 12.6 Å². The van der Waals surface area contributed by atoms with Crippen LogP contribution in [0, 0.1) is 12.7 Å². The molecule has 1 N–H and O–H groups in total. The fraction of sp³-hybridized carbons (Fsp3) is 0.286. The number of aliphatic carboxylic acids is 1. The van der Waals surface area contributed by atoms with Crippen LogP contribution in [-0.2, 0) is 11.3 Å². The van der Waals surface area contributed by atoms with Crippen molar-refractivity contribution in [1.82, 2.24) is 9.55 Å². The van der Waals surface area contributed by atoms with Crippen LogP contribution in [0.4, 0.5) is 4.39 Å². The first-order valence-corrected chi connectivity index (χ1v) is 7.13. The van der Waals surface area contributed by atoms with Crippen molar-refractivity contribution in [3.8, 4) is 0 Å². The van der Waals surface area contributed by atoms with Crippen molar-refractivity contribution in [2.45, 2.75) is 25.0 Å². The molecule has 2 rings (SSSR count). The first-order valence-electron chi connectivity index (χ1n) is 6.14. The van der Waals surface area contributed by atoms with Gasteiger partial charge in [0.05, 0.1) is 16.8 Å². The lowest BCUT2D eigenvalue weighted by atomic mass is 10.2. The van der Waals surface area contributed by atoms with Crippen molar-refractivity contribution < 1.29 is 14.3 Å². The summed E-state index contributed by atoms with van der Waals surface area (Å²) in [6, 6.07) is 3.13. The number of aromatic nitrogens is 2. The molecule has 20 heavy (non-hydrogen) atoms. The number of aryl methyl sites for hydroxylation is 2. The minimum Gasteiger partial charge on any atom is -0.481 e. The van der Waals surface area contributed by atoms with Crippen molar-refractivity contribution in [2.24, 2.45) is 0 Å². The molecule has 2 aromatic rings. The highest BCUT2D eigenvalue weighted by atomic mass is 32.2. The number of imidazole rings is 1. The summed E-state index contributed by atoms with van der Waals surface area (Å²) >= 11 is 1.14. The lowest BCUT2D eigenvalue weighted by Gasteiger charge is -2.07. The second kappa shape index (κ2) is 6.09. The number of hydrogen-bond donors (Lipinski definition) is 1. The Kier molecular flexibility index (Phi) is 4.44. The van der Waals surface area contributed by atoms with Gasteiger partial charge in [-0.15, -0.1) is 6.58 Å². The van der Waals surface area contributed by atoms with Crippen LogP contribution in [0.25, 0.3) is 11.0 Å². The Labute approximate surface area is 120 Å². The number of fused-ring (bicyclic) bond motifs is 1. The first kappa shape index (κ1) is 14.6. The molecule has 4 nitrogen and oxygen atoms in total. The number of halogens is 1. The smallest absolute Gasteiger partial charge is 0.313 e. The Hall–Kier alpha value is -1.82. The van der Waals surface area contributed by atoms with Crippen molar-refractivity contribution in [3.05, 3.63) is 36.2 Å². The zero-order valence-electron chi connectivity index (χ0n) is 11.1. The molecular weight excluding hydrogens is 279 g/mol. The number of carbonyl (C=O) groups is 1. The molecule has 0 saturated carbocycles. The number of rotatable bonds is 6. The summed E-state index contributed by atoms with van der Waals surface area (Å²) in [6.07, 6.45) is 2.52. The predicted octanol–water partition coefficient (Wildman–Crippen LogP) is 3.24. The molecule has 0 aliphatic rings. The Morgan fingerprint density at radius 3 is 3.00 bits per heavy atom. The Morgan fingerprint density at radius 1 is 1.60 bits per heavy atom. The third-order valence-corrected chi connectivity index (χ3v) is 3.84. The molecule has 0 aliphatic heterocycles. The Bertz CT molecular complexity index is 667. The standard InChI is InChI=1S/C14H15FN2O2S/c1-3-4-5-17-12-6-9(2)10(15)7-11(12)16-14(17)20-8-13(18)19/h3,6-7H,1,4-5,8H2,2H3,(H,18,19). The molecular formula is C14H15FN2O2S. The number of hydrogen-bond acceptors (Lipinski definition) is 3. The molecule has 0 radical (unpaired) electrons. The number of allylic oxidation sites excluding steroid dienone is 1. The average molecular weight is 294 g/mol. The zero-order valence-corrected chi connectivity index (χ0v) is 11.9. The second-order valence-corrected chi connectivity index (χ2v) is 5.34. The van der Waals surface area contributed by atoms with E-state index in [4.69, 9.17) is 5.11 Å². The van der Waals surface area contributed by atoms with Crippen LogP contribution in [0.15, 0.2) is 29.9 Å². The number of carboxylic acid groups (broad SMARTS) is 1. The van der Waals surface area contributed by atoms with Gasteiger partial charge < -0.3 is 9.67 Å². The number of carboxylic acids is 1. The summed E-state index contributed by atoms with van der Waals surface area (Å²) in [4.78, 5) is 15.0. The average Bonchev–Trinajstić information content (AvgIpc) is 2.72. The molecule has 0 fully saturated rings. The fourth-order valence-electron chi connectivity index (χ4n) is 1.90. The van der Waals surface area contributed by atoms with Crippen molar-refractivity contribution in [3.63, 3.8) is 0 Å². The number of nitrogens with zero attached hydrogens (tertiary/aromatic N) is 2. The fourth-order valence-corrected chi connectivity index (χ4v) is 2.66. The maximum absolute atomic E-state index is 13.6. The molecule has 0 bridgehead atoms. The van der Waals surface area contributed by atoms with Crippen molar-refractivity contribution in [2.75, 3.05) is 5.75 Å².